The summed E-state index contributed by atoms with van der Waals surface area (Å²) in [5, 5.41) is 3.14. The molecule has 1 saturated heterocycles. The molecule has 0 amide bonds. The normalized spacial score (nSPS) is 24.9. The highest BCUT2D eigenvalue weighted by atomic mass is 32.2. The zero-order valence-electron chi connectivity index (χ0n) is 9.83. The Kier molecular flexibility index (Phi) is 5.06. The van der Waals surface area contributed by atoms with Gasteiger partial charge in [0.1, 0.15) is 0 Å². The van der Waals surface area contributed by atoms with E-state index >= 15 is 0 Å². The molecule has 0 radical (unpaired) electrons. The van der Waals surface area contributed by atoms with Crippen molar-refractivity contribution >= 4 is 9.84 Å². The molecular formula is C11H23NO2S. The second kappa shape index (κ2) is 5.85. The van der Waals surface area contributed by atoms with Crippen molar-refractivity contribution in [3.05, 3.63) is 0 Å². The summed E-state index contributed by atoms with van der Waals surface area (Å²) in [6.07, 6.45) is 4.05. The quantitative estimate of drug-likeness (QED) is 0.709. The first-order valence-electron chi connectivity index (χ1n) is 5.94. The molecule has 1 N–H and O–H groups in total. The molecule has 0 aromatic carbocycles. The van der Waals surface area contributed by atoms with E-state index in [0.29, 0.717) is 12.3 Å². The molecule has 90 valence electrons. The van der Waals surface area contributed by atoms with Gasteiger partial charge >= 0.3 is 0 Å². The van der Waals surface area contributed by atoms with E-state index in [0.717, 1.165) is 31.7 Å². The molecule has 0 aromatic heterocycles. The van der Waals surface area contributed by atoms with Crippen molar-refractivity contribution in [1.29, 1.82) is 0 Å². The van der Waals surface area contributed by atoms with Gasteiger partial charge in [0.05, 0.1) is 11.0 Å². The fourth-order valence-electron chi connectivity index (χ4n) is 1.99. The maximum Gasteiger partial charge on any atom is 0.154 e. The van der Waals surface area contributed by atoms with Crippen LogP contribution in [0, 0.1) is 5.92 Å². The third kappa shape index (κ3) is 4.51. The Hall–Kier alpha value is -0.0900. The van der Waals surface area contributed by atoms with Crippen molar-refractivity contribution < 1.29 is 8.42 Å². The zero-order chi connectivity index (χ0) is 11.3. The lowest BCUT2D eigenvalue weighted by Gasteiger charge is -2.11. The second-order valence-corrected chi connectivity index (χ2v) is 7.27. The Balaban J connectivity index is 2.10. The minimum atomic E-state index is -2.75. The first-order chi connectivity index (χ1) is 7.02. The van der Waals surface area contributed by atoms with Crippen LogP contribution in [0.3, 0.4) is 0 Å². The maximum atomic E-state index is 11.5. The van der Waals surface area contributed by atoms with Gasteiger partial charge in [0.25, 0.3) is 0 Å². The molecule has 3 nitrogen and oxygen atoms in total. The molecule has 1 fully saturated rings. The van der Waals surface area contributed by atoms with Crippen LogP contribution >= 0.6 is 0 Å². The lowest BCUT2D eigenvalue weighted by Crippen LogP contribution is -2.31. The van der Waals surface area contributed by atoms with Gasteiger partial charge in [-0.05, 0) is 38.1 Å². The first kappa shape index (κ1) is 13.0. The highest BCUT2D eigenvalue weighted by Crippen LogP contribution is 2.18. The number of hydrogen-bond donors (Lipinski definition) is 1. The number of sulfone groups is 1. The van der Waals surface area contributed by atoms with E-state index in [1.54, 1.807) is 0 Å². The lowest BCUT2D eigenvalue weighted by atomic mass is 10.1. The number of hydrogen-bond acceptors (Lipinski definition) is 3. The number of rotatable bonds is 6. The van der Waals surface area contributed by atoms with Crippen molar-refractivity contribution in [1.82, 2.24) is 5.32 Å². The molecule has 15 heavy (non-hydrogen) atoms. The van der Waals surface area contributed by atoms with E-state index in [4.69, 9.17) is 0 Å². The molecule has 1 aliphatic heterocycles. The van der Waals surface area contributed by atoms with E-state index in [9.17, 15) is 8.42 Å². The molecule has 1 aliphatic rings. The smallest absolute Gasteiger partial charge is 0.154 e. The Morgan fingerprint density at radius 1 is 1.40 bits per heavy atom. The summed E-state index contributed by atoms with van der Waals surface area (Å²) in [4.78, 5) is 0. The molecule has 0 saturated carbocycles. The van der Waals surface area contributed by atoms with E-state index < -0.39 is 9.84 Å². The molecule has 1 unspecified atom stereocenters. The fourth-order valence-corrected chi connectivity index (χ4v) is 3.79. The first-order valence-corrected chi connectivity index (χ1v) is 7.66. The SMILES string of the molecule is CC(C)CCCNCC1CCCS1(=O)=O. The molecule has 0 bridgehead atoms. The van der Waals surface area contributed by atoms with Crippen LogP contribution in [0.5, 0.6) is 0 Å². The van der Waals surface area contributed by atoms with Crippen LogP contribution in [0.4, 0.5) is 0 Å². The van der Waals surface area contributed by atoms with Crippen molar-refractivity contribution in [3.8, 4) is 0 Å². The van der Waals surface area contributed by atoms with E-state index in [1.807, 2.05) is 0 Å². The van der Waals surface area contributed by atoms with Crippen LogP contribution in [0.2, 0.25) is 0 Å². The summed E-state index contributed by atoms with van der Waals surface area (Å²) in [6.45, 7) is 6.02. The molecule has 1 rings (SSSR count). The molecule has 0 aliphatic carbocycles. The largest absolute Gasteiger partial charge is 0.315 e. The van der Waals surface area contributed by atoms with Crippen molar-refractivity contribution in [2.45, 2.75) is 44.8 Å². The highest BCUT2D eigenvalue weighted by Gasteiger charge is 2.30. The standard InChI is InChI=1S/C11H23NO2S/c1-10(2)5-3-7-12-9-11-6-4-8-15(11,13)14/h10-12H,3-9H2,1-2H3. The third-order valence-corrected chi connectivity index (χ3v) is 5.25. The van der Waals surface area contributed by atoms with E-state index in [1.165, 1.54) is 6.42 Å². The molecule has 0 aromatic rings. The van der Waals surface area contributed by atoms with Crippen LogP contribution < -0.4 is 5.32 Å². The Labute approximate surface area is 93.6 Å². The summed E-state index contributed by atoms with van der Waals surface area (Å²) in [5.41, 5.74) is 0. The van der Waals surface area contributed by atoms with E-state index in [-0.39, 0.29) is 5.25 Å². The summed E-state index contributed by atoms with van der Waals surface area (Å²) in [6, 6.07) is 0. The minimum absolute atomic E-state index is 0.114. The summed E-state index contributed by atoms with van der Waals surface area (Å²) < 4.78 is 23.0. The van der Waals surface area contributed by atoms with Gasteiger partial charge in [-0.1, -0.05) is 13.8 Å². The van der Waals surface area contributed by atoms with Crippen molar-refractivity contribution in [3.63, 3.8) is 0 Å². The zero-order valence-corrected chi connectivity index (χ0v) is 10.6. The van der Waals surface area contributed by atoms with Gasteiger partial charge in [-0.2, -0.15) is 0 Å². The molecule has 0 spiro atoms. The van der Waals surface area contributed by atoms with Crippen molar-refractivity contribution in [2.75, 3.05) is 18.8 Å². The Morgan fingerprint density at radius 3 is 2.67 bits per heavy atom. The Bertz CT molecular complexity index is 272. The summed E-state index contributed by atoms with van der Waals surface area (Å²) >= 11 is 0. The van der Waals surface area contributed by atoms with Gasteiger partial charge in [-0.15, -0.1) is 0 Å². The monoisotopic (exact) mass is 233 g/mol. The summed E-state index contributed by atoms with van der Waals surface area (Å²) in [5.74, 6) is 1.13. The second-order valence-electron chi connectivity index (χ2n) is 4.87. The lowest BCUT2D eigenvalue weighted by molar-refractivity contribution is 0.519. The van der Waals surface area contributed by atoms with Gasteiger partial charge in [-0.3, -0.25) is 0 Å². The Morgan fingerprint density at radius 2 is 2.13 bits per heavy atom. The molecule has 1 atom stereocenters. The van der Waals surface area contributed by atoms with Crippen LogP contribution in [0.1, 0.15) is 39.5 Å². The molecule has 1 heterocycles. The van der Waals surface area contributed by atoms with Crippen molar-refractivity contribution in [2.24, 2.45) is 5.92 Å². The molecule has 4 heteroatoms. The number of nitrogens with one attached hydrogen (secondary N) is 1. The third-order valence-electron chi connectivity index (χ3n) is 2.97. The average Bonchev–Trinajstić information content (AvgIpc) is 2.44. The van der Waals surface area contributed by atoms with Gasteiger partial charge in [0.2, 0.25) is 0 Å². The predicted molar refractivity (Wildman–Crippen MR) is 63.8 cm³/mol. The minimum Gasteiger partial charge on any atom is -0.315 e. The van der Waals surface area contributed by atoms with Crippen LogP contribution in [0.25, 0.3) is 0 Å². The van der Waals surface area contributed by atoms with E-state index in [2.05, 4.69) is 19.2 Å². The predicted octanol–water partition coefficient (Wildman–Crippen LogP) is 1.59. The fraction of sp³-hybridized carbons (Fsp3) is 1.00. The van der Waals surface area contributed by atoms with Crippen LogP contribution in [-0.2, 0) is 9.84 Å². The van der Waals surface area contributed by atoms with Gasteiger partial charge in [0.15, 0.2) is 9.84 Å². The van der Waals surface area contributed by atoms with Crippen LogP contribution in [-0.4, -0.2) is 32.5 Å². The van der Waals surface area contributed by atoms with Crippen LogP contribution in [0.15, 0.2) is 0 Å². The highest BCUT2D eigenvalue weighted by molar-refractivity contribution is 7.92. The van der Waals surface area contributed by atoms with Gasteiger partial charge in [0, 0.05) is 6.54 Å². The maximum absolute atomic E-state index is 11.5. The summed E-state index contributed by atoms with van der Waals surface area (Å²) in [7, 11) is -2.75. The topological polar surface area (TPSA) is 46.2 Å². The average molecular weight is 233 g/mol. The van der Waals surface area contributed by atoms with Gasteiger partial charge in [-0.25, -0.2) is 8.42 Å². The van der Waals surface area contributed by atoms with Gasteiger partial charge < -0.3 is 5.32 Å². The molecular weight excluding hydrogens is 210 g/mol.